The van der Waals surface area contributed by atoms with Gasteiger partial charge in [0.2, 0.25) is 5.88 Å². The van der Waals surface area contributed by atoms with Crippen LogP contribution in [0.5, 0.6) is 23.3 Å². The molecule has 11 nitrogen and oxygen atoms in total. The Labute approximate surface area is 208 Å². The van der Waals surface area contributed by atoms with Gasteiger partial charge in [-0.1, -0.05) is 0 Å². The fourth-order valence-corrected chi connectivity index (χ4v) is 5.35. The lowest BCUT2D eigenvalue weighted by atomic mass is 9.91. The van der Waals surface area contributed by atoms with Crippen molar-refractivity contribution in [3.05, 3.63) is 35.7 Å². The number of pyridine rings is 2. The van der Waals surface area contributed by atoms with Crippen molar-refractivity contribution >= 4 is 11.0 Å². The molecule has 6 rings (SSSR count). The Kier molecular flexibility index (Phi) is 6.43. The molecule has 3 aromatic heterocycles. The fourth-order valence-electron chi connectivity index (χ4n) is 5.35. The van der Waals surface area contributed by atoms with Crippen LogP contribution in [0.1, 0.15) is 23.6 Å². The third-order valence-electron chi connectivity index (χ3n) is 7.18. The smallest absolute Gasteiger partial charge is 0.276 e. The molecule has 6 heterocycles. The van der Waals surface area contributed by atoms with Crippen molar-refractivity contribution in [1.29, 1.82) is 0 Å². The van der Waals surface area contributed by atoms with Crippen molar-refractivity contribution in [3.63, 3.8) is 0 Å². The number of aliphatic hydroxyl groups excluding tert-OH is 1. The predicted octanol–water partition coefficient (Wildman–Crippen LogP) is 1.15. The molecule has 0 bridgehead atoms. The molecule has 3 aromatic rings. The van der Waals surface area contributed by atoms with Gasteiger partial charge in [0.1, 0.15) is 24.5 Å². The first-order valence-corrected chi connectivity index (χ1v) is 12.4. The van der Waals surface area contributed by atoms with Crippen molar-refractivity contribution in [2.24, 2.45) is 5.92 Å². The van der Waals surface area contributed by atoms with Crippen molar-refractivity contribution < 1.29 is 24.1 Å². The number of likely N-dealkylation sites (tertiary alicyclic amines) is 1. The minimum Gasteiger partial charge on any atom is -0.491 e. The molecule has 0 aliphatic carbocycles. The van der Waals surface area contributed by atoms with E-state index in [4.69, 9.17) is 18.9 Å². The maximum absolute atomic E-state index is 10.2. The van der Waals surface area contributed by atoms with Gasteiger partial charge in [-0.2, -0.15) is 5.10 Å². The van der Waals surface area contributed by atoms with Crippen LogP contribution in [-0.2, 0) is 6.54 Å². The Morgan fingerprint density at radius 1 is 1.17 bits per heavy atom. The summed E-state index contributed by atoms with van der Waals surface area (Å²) in [6.07, 6.45) is 2.71. The summed E-state index contributed by atoms with van der Waals surface area (Å²) < 4.78 is 22.4. The van der Waals surface area contributed by atoms with Crippen LogP contribution in [-0.4, -0.2) is 89.4 Å². The average molecular weight is 495 g/mol. The summed E-state index contributed by atoms with van der Waals surface area (Å²) in [4.78, 5) is 11.6. The van der Waals surface area contributed by atoms with Crippen LogP contribution in [0.2, 0.25) is 0 Å². The van der Waals surface area contributed by atoms with Gasteiger partial charge in [0.15, 0.2) is 5.75 Å². The first-order chi connectivity index (χ1) is 17.7. The SMILES string of the molecule is COc1ccc2ncc3c(c2n1)C(CN1CCC(NCc2cc4c(nn2)OCCO4)C(CO)C1)CO3. The van der Waals surface area contributed by atoms with Crippen molar-refractivity contribution in [2.75, 3.05) is 53.2 Å². The Morgan fingerprint density at radius 3 is 2.97 bits per heavy atom. The molecule has 0 saturated carbocycles. The number of nitrogens with one attached hydrogen (secondary N) is 1. The van der Waals surface area contributed by atoms with Crippen LogP contribution in [0, 0.1) is 5.92 Å². The van der Waals surface area contributed by atoms with Gasteiger partial charge in [-0.05, 0) is 19.0 Å². The van der Waals surface area contributed by atoms with E-state index in [0.29, 0.717) is 43.9 Å². The summed E-state index contributed by atoms with van der Waals surface area (Å²) in [5.41, 5.74) is 3.56. The zero-order valence-corrected chi connectivity index (χ0v) is 20.2. The zero-order valence-electron chi connectivity index (χ0n) is 20.2. The van der Waals surface area contributed by atoms with E-state index in [2.05, 4.69) is 30.4 Å². The summed E-state index contributed by atoms with van der Waals surface area (Å²) in [6, 6.07) is 5.82. The van der Waals surface area contributed by atoms with Gasteiger partial charge < -0.3 is 34.3 Å². The number of aliphatic hydroxyl groups is 1. The number of methoxy groups -OCH3 is 1. The van der Waals surface area contributed by atoms with E-state index < -0.39 is 0 Å². The molecule has 3 unspecified atom stereocenters. The van der Waals surface area contributed by atoms with Crippen LogP contribution in [0.3, 0.4) is 0 Å². The van der Waals surface area contributed by atoms with E-state index in [1.165, 1.54) is 0 Å². The van der Waals surface area contributed by atoms with Gasteiger partial charge in [-0.3, -0.25) is 4.98 Å². The summed E-state index contributed by atoms with van der Waals surface area (Å²) in [7, 11) is 1.62. The minimum atomic E-state index is 0.109. The largest absolute Gasteiger partial charge is 0.491 e. The predicted molar refractivity (Wildman–Crippen MR) is 130 cm³/mol. The molecule has 1 saturated heterocycles. The molecule has 0 aromatic carbocycles. The summed E-state index contributed by atoms with van der Waals surface area (Å²) in [6.45, 7) is 4.84. The first kappa shape index (κ1) is 23.1. The molecular weight excluding hydrogens is 464 g/mol. The number of hydrogen-bond acceptors (Lipinski definition) is 11. The minimum absolute atomic E-state index is 0.109. The Hall–Kier alpha value is -3.28. The van der Waals surface area contributed by atoms with Gasteiger partial charge in [0.05, 0.1) is 31.1 Å². The molecule has 0 spiro atoms. The van der Waals surface area contributed by atoms with E-state index >= 15 is 0 Å². The molecule has 0 amide bonds. The van der Waals surface area contributed by atoms with Gasteiger partial charge in [0, 0.05) is 61.8 Å². The third-order valence-corrected chi connectivity index (χ3v) is 7.18. The number of fused-ring (bicyclic) bond motifs is 4. The number of piperidine rings is 1. The lowest BCUT2D eigenvalue weighted by Gasteiger charge is -2.39. The fraction of sp³-hybridized carbons (Fsp3) is 0.520. The Morgan fingerprint density at radius 2 is 2.08 bits per heavy atom. The highest BCUT2D eigenvalue weighted by molar-refractivity contribution is 5.81. The molecule has 3 atom stereocenters. The monoisotopic (exact) mass is 494 g/mol. The standard InChI is InChI=1S/C25H30N6O5/c1-33-22-3-2-19-24(28-22)23-16(14-36-21(23)10-27-19)12-31-5-4-18(15(11-31)13-32)26-9-17-8-20-25(30-29-17)35-7-6-34-20/h2-3,8,10,15-16,18,26,32H,4-7,9,11-14H2,1H3. The van der Waals surface area contributed by atoms with E-state index in [0.717, 1.165) is 54.1 Å². The van der Waals surface area contributed by atoms with E-state index in [1.54, 1.807) is 13.3 Å². The molecule has 3 aliphatic rings. The van der Waals surface area contributed by atoms with Crippen LogP contribution >= 0.6 is 0 Å². The maximum atomic E-state index is 10.2. The Bertz CT molecular complexity index is 1240. The van der Waals surface area contributed by atoms with E-state index in [9.17, 15) is 5.11 Å². The maximum Gasteiger partial charge on any atom is 0.276 e. The molecule has 36 heavy (non-hydrogen) atoms. The topological polar surface area (TPSA) is 124 Å². The lowest BCUT2D eigenvalue weighted by molar-refractivity contribution is 0.0833. The quantitative estimate of drug-likeness (QED) is 0.491. The van der Waals surface area contributed by atoms with Crippen LogP contribution in [0.25, 0.3) is 11.0 Å². The second kappa shape index (κ2) is 10.00. The van der Waals surface area contributed by atoms with Crippen molar-refractivity contribution in [1.82, 2.24) is 30.4 Å². The summed E-state index contributed by atoms with van der Waals surface area (Å²) in [5.74, 6) is 2.74. The Balaban J connectivity index is 1.10. The van der Waals surface area contributed by atoms with Crippen molar-refractivity contribution in [2.45, 2.75) is 24.9 Å². The third kappa shape index (κ3) is 4.49. The van der Waals surface area contributed by atoms with Crippen molar-refractivity contribution in [3.8, 4) is 23.3 Å². The second-order valence-electron chi connectivity index (χ2n) is 9.45. The summed E-state index contributed by atoms with van der Waals surface area (Å²) >= 11 is 0. The normalized spacial score (nSPS) is 23.3. The van der Waals surface area contributed by atoms with Gasteiger partial charge >= 0.3 is 0 Å². The second-order valence-corrected chi connectivity index (χ2v) is 9.45. The zero-order chi connectivity index (χ0) is 24.5. The first-order valence-electron chi connectivity index (χ1n) is 12.4. The average Bonchev–Trinajstić information content (AvgIpc) is 3.34. The summed E-state index contributed by atoms with van der Waals surface area (Å²) in [5, 5.41) is 22.1. The number of aromatic nitrogens is 4. The van der Waals surface area contributed by atoms with Crippen LogP contribution in [0.15, 0.2) is 24.4 Å². The van der Waals surface area contributed by atoms with Crippen LogP contribution in [0.4, 0.5) is 0 Å². The van der Waals surface area contributed by atoms with E-state index in [-0.39, 0.29) is 24.5 Å². The molecule has 2 N–H and O–H groups in total. The van der Waals surface area contributed by atoms with Crippen LogP contribution < -0.4 is 24.3 Å². The highest BCUT2D eigenvalue weighted by Crippen LogP contribution is 2.39. The molecule has 1 fully saturated rings. The van der Waals surface area contributed by atoms with Gasteiger partial charge in [-0.15, -0.1) is 5.10 Å². The number of nitrogens with zero attached hydrogens (tertiary/aromatic N) is 5. The molecule has 3 aliphatic heterocycles. The molecule has 0 radical (unpaired) electrons. The number of ether oxygens (including phenoxy) is 4. The van der Waals surface area contributed by atoms with Gasteiger partial charge in [-0.25, -0.2) is 4.98 Å². The highest BCUT2D eigenvalue weighted by atomic mass is 16.6. The molecule has 190 valence electrons. The lowest BCUT2D eigenvalue weighted by Crippen LogP contribution is -2.51. The number of hydrogen-bond donors (Lipinski definition) is 2. The van der Waals surface area contributed by atoms with E-state index in [1.807, 2.05) is 18.2 Å². The van der Waals surface area contributed by atoms with Gasteiger partial charge in [0.25, 0.3) is 5.88 Å². The number of rotatable bonds is 7. The highest BCUT2D eigenvalue weighted by Gasteiger charge is 2.34. The molecular formula is C25H30N6O5. The molecule has 11 heteroatoms.